The highest BCUT2D eigenvalue weighted by molar-refractivity contribution is 5.72. The van der Waals surface area contributed by atoms with Gasteiger partial charge in [0.05, 0.1) is 5.29 Å². The van der Waals surface area contributed by atoms with Gasteiger partial charge in [0.1, 0.15) is 0 Å². The van der Waals surface area contributed by atoms with E-state index in [0.717, 1.165) is 5.01 Å². The fraction of sp³-hybridized carbons (Fsp3) is 0.167. The molecule has 0 amide bonds. The molecular weight excluding hydrogens is 234 g/mol. The molecular formula is C6H5N7O4. The van der Waals surface area contributed by atoms with Crippen LogP contribution in [-0.2, 0) is 0 Å². The van der Waals surface area contributed by atoms with Gasteiger partial charge in [-0.25, -0.2) is 4.98 Å². The molecule has 0 saturated heterocycles. The Bertz CT molecular complexity index is 658. The number of nitrogens with zero attached hydrogens (tertiary/aromatic N) is 5. The van der Waals surface area contributed by atoms with Gasteiger partial charge < -0.3 is 10.1 Å². The molecule has 0 spiro atoms. The van der Waals surface area contributed by atoms with Crippen LogP contribution in [0.3, 0.4) is 0 Å². The van der Waals surface area contributed by atoms with E-state index in [-0.39, 0.29) is 17.1 Å². The number of H-pyrrole nitrogens is 2. The lowest BCUT2D eigenvalue weighted by Gasteiger charge is -2.03. The monoisotopic (exact) mass is 239 g/mol. The maximum atomic E-state index is 11.5. The molecule has 0 aliphatic rings. The second-order valence-electron chi connectivity index (χ2n) is 3.01. The predicted octanol–water partition coefficient (Wildman–Crippen LogP) is -0.328. The van der Waals surface area contributed by atoms with Gasteiger partial charge >= 0.3 is 5.95 Å². The Morgan fingerprint density at radius 3 is 2.71 bits per heavy atom. The van der Waals surface area contributed by atoms with Crippen molar-refractivity contribution in [3.8, 4) is 0 Å². The molecule has 11 heteroatoms. The SMILES string of the molecule is CN(N=O)c1nc2nc([N+](=O)[O-])[nH]c2c(=O)[nH]1. The van der Waals surface area contributed by atoms with Crippen LogP contribution in [0.15, 0.2) is 10.1 Å². The first-order valence-corrected chi connectivity index (χ1v) is 4.24. The number of hydrogen-bond donors (Lipinski definition) is 2. The molecule has 0 atom stereocenters. The van der Waals surface area contributed by atoms with Crippen molar-refractivity contribution in [1.29, 1.82) is 0 Å². The highest BCUT2D eigenvalue weighted by Gasteiger charge is 2.19. The fourth-order valence-corrected chi connectivity index (χ4v) is 1.16. The zero-order valence-electron chi connectivity index (χ0n) is 8.37. The summed E-state index contributed by atoms with van der Waals surface area (Å²) in [5.74, 6) is -0.754. The third-order valence-electron chi connectivity index (χ3n) is 1.94. The molecule has 11 nitrogen and oxygen atoms in total. The average molecular weight is 239 g/mol. The summed E-state index contributed by atoms with van der Waals surface area (Å²) in [5, 5.41) is 13.7. The van der Waals surface area contributed by atoms with Crippen LogP contribution >= 0.6 is 0 Å². The molecule has 2 N–H and O–H groups in total. The van der Waals surface area contributed by atoms with Crippen molar-refractivity contribution in [2.75, 3.05) is 12.1 Å². The summed E-state index contributed by atoms with van der Waals surface area (Å²) in [5.41, 5.74) is -0.980. The first-order chi connectivity index (χ1) is 8.02. The van der Waals surface area contributed by atoms with Crippen LogP contribution in [0.1, 0.15) is 0 Å². The minimum atomic E-state index is -0.789. The first kappa shape index (κ1) is 10.7. The molecule has 0 aromatic carbocycles. The number of rotatable bonds is 3. The molecule has 0 saturated carbocycles. The second-order valence-corrected chi connectivity index (χ2v) is 3.01. The maximum Gasteiger partial charge on any atom is 0.435 e. The Kier molecular flexibility index (Phi) is 2.27. The minimum absolute atomic E-state index is 0.139. The quantitative estimate of drug-likeness (QED) is 0.422. The third-order valence-corrected chi connectivity index (χ3v) is 1.94. The minimum Gasteiger partial charge on any atom is -0.390 e. The van der Waals surface area contributed by atoms with Crippen LogP contribution in [-0.4, -0.2) is 31.9 Å². The van der Waals surface area contributed by atoms with Crippen molar-refractivity contribution >= 4 is 23.1 Å². The lowest BCUT2D eigenvalue weighted by molar-refractivity contribution is -0.393. The summed E-state index contributed by atoms with van der Waals surface area (Å²) in [6.45, 7) is 0. The molecule has 2 rings (SSSR count). The summed E-state index contributed by atoms with van der Waals surface area (Å²) >= 11 is 0. The van der Waals surface area contributed by atoms with E-state index in [4.69, 9.17) is 0 Å². The Hall–Kier alpha value is -2.85. The molecule has 17 heavy (non-hydrogen) atoms. The molecule has 0 fully saturated rings. The van der Waals surface area contributed by atoms with Gasteiger partial charge in [-0.1, -0.05) is 0 Å². The highest BCUT2D eigenvalue weighted by Crippen LogP contribution is 2.12. The standard InChI is InChI=1S/C6H5N7O4/c1-12(11-15)5-8-3-2(4(14)10-5)7-6(9-3)13(16)17/h1H3,(H2,7,8,9,10,14). The summed E-state index contributed by atoms with van der Waals surface area (Å²) < 4.78 is 0. The van der Waals surface area contributed by atoms with Crippen LogP contribution in [0.5, 0.6) is 0 Å². The van der Waals surface area contributed by atoms with Crippen molar-refractivity contribution in [2.24, 2.45) is 5.29 Å². The van der Waals surface area contributed by atoms with Crippen molar-refractivity contribution in [3.05, 3.63) is 25.4 Å². The van der Waals surface area contributed by atoms with E-state index < -0.39 is 16.4 Å². The Morgan fingerprint density at radius 1 is 1.41 bits per heavy atom. The summed E-state index contributed by atoms with van der Waals surface area (Å²) in [4.78, 5) is 43.1. The smallest absolute Gasteiger partial charge is 0.390 e. The van der Waals surface area contributed by atoms with Crippen LogP contribution in [0.4, 0.5) is 11.9 Å². The first-order valence-electron chi connectivity index (χ1n) is 4.24. The normalized spacial score (nSPS) is 10.4. The second kappa shape index (κ2) is 3.62. The molecule has 0 unspecified atom stereocenters. The number of imidazole rings is 1. The Balaban J connectivity index is 2.69. The Labute approximate surface area is 91.6 Å². The van der Waals surface area contributed by atoms with Crippen LogP contribution < -0.4 is 10.6 Å². The van der Waals surface area contributed by atoms with Crippen LogP contribution in [0, 0.1) is 15.0 Å². The van der Waals surface area contributed by atoms with Gasteiger partial charge in [-0.2, -0.15) is 9.99 Å². The summed E-state index contributed by atoms with van der Waals surface area (Å²) in [6.07, 6.45) is 0. The van der Waals surface area contributed by atoms with Gasteiger partial charge in [0, 0.05) is 7.05 Å². The number of hydrogen-bond acceptors (Lipinski definition) is 7. The number of aromatic amines is 2. The lowest BCUT2D eigenvalue weighted by atomic mass is 10.5. The van der Waals surface area contributed by atoms with Crippen molar-refractivity contribution in [2.45, 2.75) is 0 Å². The molecule has 0 radical (unpaired) electrons. The van der Waals surface area contributed by atoms with Gasteiger partial charge in [-0.3, -0.25) is 9.78 Å². The number of fused-ring (bicyclic) bond motifs is 1. The number of nitro groups is 1. The van der Waals surface area contributed by atoms with Gasteiger partial charge in [-0.15, -0.1) is 4.91 Å². The van der Waals surface area contributed by atoms with Crippen molar-refractivity contribution < 1.29 is 4.92 Å². The average Bonchev–Trinajstić information content (AvgIpc) is 2.72. The third kappa shape index (κ3) is 1.68. The number of nitrogens with one attached hydrogen (secondary N) is 2. The predicted molar refractivity (Wildman–Crippen MR) is 55.4 cm³/mol. The largest absolute Gasteiger partial charge is 0.435 e. The highest BCUT2D eigenvalue weighted by atomic mass is 16.6. The summed E-state index contributed by atoms with van der Waals surface area (Å²) in [7, 11) is 1.26. The number of aromatic nitrogens is 4. The van der Waals surface area contributed by atoms with E-state index in [9.17, 15) is 19.8 Å². The molecule has 88 valence electrons. The zero-order chi connectivity index (χ0) is 12.6. The van der Waals surface area contributed by atoms with Gasteiger partial charge in [-0.05, 0) is 9.91 Å². The molecule has 2 heterocycles. The molecule has 0 bridgehead atoms. The zero-order valence-corrected chi connectivity index (χ0v) is 8.37. The van der Waals surface area contributed by atoms with E-state index >= 15 is 0 Å². The maximum absolute atomic E-state index is 11.5. The van der Waals surface area contributed by atoms with E-state index in [1.165, 1.54) is 7.05 Å². The van der Waals surface area contributed by atoms with E-state index in [0.29, 0.717) is 0 Å². The molecule has 0 aliphatic heterocycles. The van der Waals surface area contributed by atoms with E-state index in [2.05, 4.69) is 25.2 Å². The van der Waals surface area contributed by atoms with Gasteiger partial charge in [0.15, 0.2) is 0 Å². The Morgan fingerprint density at radius 2 is 2.12 bits per heavy atom. The molecule has 2 aromatic rings. The van der Waals surface area contributed by atoms with Gasteiger partial charge in [0.2, 0.25) is 11.5 Å². The molecule has 0 aliphatic carbocycles. The fourth-order valence-electron chi connectivity index (χ4n) is 1.16. The lowest BCUT2D eigenvalue weighted by Crippen LogP contribution is -2.17. The number of anilines is 1. The van der Waals surface area contributed by atoms with Gasteiger partial charge in [0.25, 0.3) is 11.2 Å². The van der Waals surface area contributed by atoms with Crippen LogP contribution in [0.2, 0.25) is 0 Å². The van der Waals surface area contributed by atoms with Crippen LogP contribution in [0.25, 0.3) is 11.2 Å². The number of nitroso groups, excluding NO2 is 1. The van der Waals surface area contributed by atoms with Crippen molar-refractivity contribution in [3.63, 3.8) is 0 Å². The van der Waals surface area contributed by atoms with Crippen molar-refractivity contribution in [1.82, 2.24) is 19.9 Å². The van der Waals surface area contributed by atoms with E-state index in [1.807, 2.05) is 0 Å². The van der Waals surface area contributed by atoms with E-state index in [1.54, 1.807) is 0 Å². The topological polar surface area (TPSA) is 150 Å². The molecule has 2 aromatic heterocycles. The summed E-state index contributed by atoms with van der Waals surface area (Å²) in [6, 6.07) is 0.